The Hall–Kier alpha value is -1.42. The lowest BCUT2D eigenvalue weighted by Crippen LogP contribution is -2.29. The lowest BCUT2D eigenvalue weighted by molar-refractivity contribution is 0.189. The third-order valence-electron chi connectivity index (χ3n) is 2.75. The number of nitriles is 1. The van der Waals surface area contributed by atoms with Crippen LogP contribution in [0.3, 0.4) is 0 Å². The van der Waals surface area contributed by atoms with Gasteiger partial charge < -0.3 is 5.11 Å². The number of benzene rings is 1. The minimum Gasteiger partial charge on any atom is -0.392 e. The first-order valence-electron chi connectivity index (χ1n) is 5.22. The Morgan fingerprint density at radius 3 is 2.47 bits per heavy atom. The summed E-state index contributed by atoms with van der Waals surface area (Å²) in [4.78, 5) is 0.158. The van der Waals surface area contributed by atoms with Gasteiger partial charge in [0.1, 0.15) is 0 Å². The zero-order chi connectivity index (χ0) is 12.5. The van der Waals surface area contributed by atoms with Crippen LogP contribution in [0.15, 0.2) is 29.2 Å². The maximum Gasteiger partial charge on any atom is 0.243 e. The van der Waals surface area contributed by atoms with Crippen molar-refractivity contribution in [3.8, 4) is 6.07 Å². The maximum absolute atomic E-state index is 12.1. The van der Waals surface area contributed by atoms with E-state index in [-0.39, 0.29) is 11.4 Å². The van der Waals surface area contributed by atoms with E-state index in [1.807, 2.05) is 6.07 Å². The van der Waals surface area contributed by atoms with Crippen LogP contribution in [0.1, 0.15) is 12.0 Å². The van der Waals surface area contributed by atoms with Gasteiger partial charge in [-0.25, -0.2) is 8.42 Å². The zero-order valence-electron chi connectivity index (χ0n) is 9.07. The van der Waals surface area contributed by atoms with Crippen LogP contribution in [-0.4, -0.2) is 37.0 Å². The van der Waals surface area contributed by atoms with Crippen molar-refractivity contribution in [2.75, 3.05) is 13.1 Å². The molecule has 1 saturated heterocycles. The standard InChI is InChI=1S/C11H12N2O3S/c12-7-9-1-3-11(4-2-9)17(15,16)13-6-5-10(14)8-13/h1-4,10,14H,5-6,8H2/t10-/m1/s1. The first kappa shape index (κ1) is 12.0. The summed E-state index contributed by atoms with van der Waals surface area (Å²) in [6, 6.07) is 7.71. The van der Waals surface area contributed by atoms with E-state index in [1.54, 1.807) is 0 Å². The molecule has 0 aliphatic carbocycles. The molecule has 2 rings (SSSR count). The van der Waals surface area contributed by atoms with Gasteiger partial charge in [-0.05, 0) is 30.7 Å². The summed E-state index contributed by atoms with van der Waals surface area (Å²) in [6.07, 6.45) is -0.113. The molecule has 1 aromatic rings. The van der Waals surface area contributed by atoms with Crippen molar-refractivity contribution in [3.63, 3.8) is 0 Å². The topological polar surface area (TPSA) is 81.4 Å². The average Bonchev–Trinajstić information content (AvgIpc) is 2.77. The monoisotopic (exact) mass is 252 g/mol. The summed E-state index contributed by atoms with van der Waals surface area (Å²) < 4.78 is 25.5. The Kier molecular flexibility index (Phi) is 3.15. The van der Waals surface area contributed by atoms with E-state index < -0.39 is 16.1 Å². The van der Waals surface area contributed by atoms with Gasteiger partial charge in [0.05, 0.1) is 22.6 Å². The molecule has 1 heterocycles. The van der Waals surface area contributed by atoms with Gasteiger partial charge in [0, 0.05) is 13.1 Å². The van der Waals surface area contributed by atoms with Gasteiger partial charge in [0.25, 0.3) is 0 Å². The second-order valence-corrected chi connectivity index (χ2v) is 5.88. The molecule has 0 aromatic heterocycles. The van der Waals surface area contributed by atoms with Gasteiger partial charge in [-0.2, -0.15) is 9.57 Å². The predicted molar refractivity (Wildman–Crippen MR) is 60.5 cm³/mol. The van der Waals surface area contributed by atoms with Crippen molar-refractivity contribution in [2.45, 2.75) is 17.4 Å². The second-order valence-electron chi connectivity index (χ2n) is 3.94. The Morgan fingerprint density at radius 1 is 1.35 bits per heavy atom. The van der Waals surface area contributed by atoms with Crippen LogP contribution in [0.2, 0.25) is 0 Å². The van der Waals surface area contributed by atoms with E-state index in [4.69, 9.17) is 5.26 Å². The highest BCUT2D eigenvalue weighted by Crippen LogP contribution is 2.21. The summed E-state index contributed by atoms with van der Waals surface area (Å²) in [5.41, 5.74) is 0.422. The molecule has 90 valence electrons. The molecule has 6 heteroatoms. The highest BCUT2D eigenvalue weighted by molar-refractivity contribution is 7.89. The molecule has 1 aromatic carbocycles. The quantitative estimate of drug-likeness (QED) is 0.821. The third-order valence-corrected chi connectivity index (χ3v) is 4.63. The molecule has 0 saturated carbocycles. The zero-order valence-corrected chi connectivity index (χ0v) is 9.89. The van der Waals surface area contributed by atoms with Gasteiger partial charge in [-0.3, -0.25) is 0 Å². The number of aliphatic hydroxyl groups is 1. The molecule has 0 unspecified atom stereocenters. The van der Waals surface area contributed by atoms with Crippen LogP contribution >= 0.6 is 0 Å². The van der Waals surface area contributed by atoms with Crippen LogP contribution in [-0.2, 0) is 10.0 Å². The van der Waals surface area contributed by atoms with Gasteiger partial charge in [-0.15, -0.1) is 0 Å². The van der Waals surface area contributed by atoms with Crippen molar-refractivity contribution >= 4 is 10.0 Å². The minimum atomic E-state index is -3.53. The van der Waals surface area contributed by atoms with Crippen molar-refractivity contribution < 1.29 is 13.5 Å². The Labute approximate surface area is 100.0 Å². The van der Waals surface area contributed by atoms with E-state index in [2.05, 4.69) is 0 Å². The lowest BCUT2D eigenvalue weighted by Gasteiger charge is -2.15. The summed E-state index contributed by atoms with van der Waals surface area (Å²) >= 11 is 0. The molecule has 1 N–H and O–H groups in total. The van der Waals surface area contributed by atoms with E-state index >= 15 is 0 Å². The fourth-order valence-electron chi connectivity index (χ4n) is 1.78. The van der Waals surface area contributed by atoms with Crippen LogP contribution in [0.4, 0.5) is 0 Å². The molecule has 0 radical (unpaired) electrons. The first-order valence-corrected chi connectivity index (χ1v) is 6.66. The SMILES string of the molecule is N#Cc1ccc(S(=O)(=O)N2CC[C@@H](O)C2)cc1. The smallest absolute Gasteiger partial charge is 0.243 e. The van der Waals surface area contributed by atoms with E-state index in [9.17, 15) is 13.5 Å². The number of hydrogen-bond acceptors (Lipinski definition) is 4. The highest BCUT2D eigenvalue weighted by atomic mass is 32.2. The highest BCUT2D eigenvalue weighted by Gasteiger charge is 2.31. The molecule has 1 fully saturated rings. The fraction of sp³-hybridized carbons (Fsp3) is 0.364. The van der Waals surface area contributed by atoms with E-state index in [1.165, 1.54) is 28.6 Å². The van der Waals surface area contributed by atoms with Crippen molar-refractivity contribution in [1.29, 1.82) is 5.26 Å². The van der Waals surface area contributed by atoms with Crippen LogP contribution in [0.5, 0.6) is 0 Å². The number of nitrogens with zero attached hydrogens (tertiary/aromatic N) is 2. The van der Waals surface area contributed by atoms with Crippen molar-refractivity contribution in [3.05, 3.63) is 29.8 Å². The molecule has 1 aliphatic rings. The van der Waals surface area contributed by atoms with Crippen LogP contribution in [0, 0.1) is 11.3 Å². The molecule has 0 spiro atoms. The van der Waals surface area contributed by atoms with Crippen molar-refractivity contribution in [1.82, 2.24) is 4.31 Å². The molecule has 0 amide bonds. The predicted octanol–water partition coefficient (Wildman–Crippen LogP) is 0.314. The first-order chi connectivity index (χ1) is 8.04. The normalized spacial score (nSPS) is 21.3. The number of aliphatic hydroxyl groups excluding tert-OH is 1. The summed E-state index contributed by atoms with van der Waals surface area (Å²) in [7, 11) is -3.53. The fourth-order valence-corrected chi connectivity index (χ4v) is 3.27. The van der Waals surface area contributed by atoms with E-state index in [0.29, 0.717) is 18.5 Å². The Bertz CT molecular complexity index is 545. The Morgan fingerprint density at radius 2 is 2.00 bits per heavy atom. The van der Waals surface area contributed by atoms with Gasteiger partial charge in [0.2, 0.25) is 10.0 Å². The molecular weight excluding hydrogens is 240 g/mol. The van der Waals surface area contributed by atoms with Crippen LogP contribution in [0.25, 0.3) is 0 Å². The number of hydrogen-bond donors (Lipinski definition) is 1. The van der Waals surface area contributed by atoms with Gasteiger partial charge in [0.15, 0.2) is 0 Å². The number of sulfonamides is 1. The maximum atomic E-state index is 12.1. The summed E-state index contributed by atoms with van der Waals surface area (Å²) in [6.45, 7) is 0.478. The van der Waals surface area contributed by atoms with E-state index in [0.717, 1.165) is 0 Å². The molecule has 1 aliphatic heterocycles. The largest absolute Gasteiger partial charge is 0.392 e. The molecule has 1 atom stereocenters. The number of rotatable bonds is 2. The van der Waals surface area contributed by atoms with Gasteiger partial charge in [-0.1, -0.05) is 0 Å². The molecular formula is C11H12N2O3S. The van der Waals surface area contributed by atoms with Crippen molar-refractivity contribution in [2.24, 2.45) is 0 Å². The second kappa shape index (κ2) is 4.45. The number of β-amino-alcohol motifs (C(OH)–C–C–N with tert-alkyl or cyclic N) is 1. The molecule has 0 bridgehead atoms. The third kappa shape index (κ3) is 2.31. The van der Waals surface area contributed by atoms with Gasteiger partial charge >= 0.3 is 0 Å². The lowest BCUT2D eigenvalue weighted by atomic mass is 10.2. The molecule has 5 nitrogen and oxygen atoms in total. The van der Waals surface area contributed by atoms with Crippen LogP contribution < -0.4 is 0 Å². The summed E-state index contributed by atoms with van der Waals surface area (Å²) in [5.74, 6) is 0. The average molecular weight is 252 g/mol. The Balaban J connectivity index is 2.29. The minimum absolute atomic E-state index is 0.141. The summed E-state index contributed by atoms with van der Waals surface area (Å²) in [5, 5.41) is 18.0. The molecule has 17 heavy (non-hydrogen) atoms.